The van der Waals surface area contributed by atoms with Gasteiger partial charge >= 0.3 is 0 Å². The van der Waals surface area contributed by atoms with E-state index in [1.165, 1.54) is 13.2 Å². The van der Waals surface area contributed by atoms with Gasteiger partial charge in [-0.15, -0.1) is 0 Å². The molecule has 4 nitrogen and oxygen atoms in total. The van der Waals surface area contributed by atoms with Crippen LogP contribution in [-0.2, 0) is 16.3 Å². The zero-order valence-electron chi connectivity index (χ0n) is 8.73. The van der Waals surface area contributed by atoms with Crippen LogP contribution in [0.5, 0.6) is 5.75 Å². The Morgan fingerprint density at radius 2 is 2.07 bits per heavy atom. The number of ether oxygens (including phenoxy) is 1. The van der Waals surface area contributed by atoms with E-state index in [1.807, 2.05) is 0 Å². The first-order valence-corrected chi connectivity index (χ1v) is 6.36. The van der Waals surface area contributed by atoms with Gasteiger partial charge in [0.1, 0.15) is 10.6 Å². The summed E-state index contributed by atoms with van der Waals surface area (Å²) in [5.74, 6) is 0.328. The Bertz CT molecular complexity index is 437. The van der Waals surface area contributed by atoms with Crippen molar-refractivity contribution in [1.82, 2.24) is 0 Å². The Hall–Kier alpha value is -1.07. The number of hydrogen-bond donors (Lipinski definition) is 1. The summed E-state index contributed by atoms with van der Waals surface area (Å²) in [5, 5.41) is 8.83. The van der Waals surface area contributed by atoms with Crippen molar-refractivity contribution < 1.29 is 18.3 Å². The summed E-state index contributed by atoms with van der Waals surface area (Å²) in [4.78, 5) is 0.163. The molecular weight excluding hydrogens is 216 g/mol. The van der Waals surface area contributed by atoms with Crippen LogP contribution in [0.4, 0.5) is 0 Å². The predicted octanol–water partition coefficient (Wildman–Crippen LogP) is 0.633. The summed E-state index contributed by atoms with van der Waals surface area (Å²) < 4.78 is 27.9. The van der Waals surface area contributed by atoms with E-state index in [0.29, 0.717) is 17.7 Å². The van der Waals surface area contributed by atoms with Crippen LogP contribution in [-0.4, -0.2) is 33.5 Å². The smallest absolute Gasteiger partial charge is 0.179 e. The van der Waals surface area contributed by atoms with E-state index in [4.69, 9.17) is 9.84 Å². The largest absolute Gasteiger partial charge is 0.495 e. The van der Waals surface area contributed by atoms with Crippen molar-refractivity contribution in [3.05, 3.63) is 23.8 Å². The maximum atomic E-state index is 11.4. The molecule has 0 atom stereocenters. The fourth-order valence-corrected chi connectivity index (χ4v) is 2.28. The highest BCUT2D eigenvalue weighted by molar-refractivity contribution is 7.90. The summed E-state index contributed by atoms with van der Waals surface area (Å²) in [6.07, 6.45) is 1.51. The Labute approximate surface area is 89.4 Å². The van der Waals surface area contributed by atoms with Crippen molar-refractivity contribution in [3.8, 4) is 5.75 Å². The summed E-state index contributed by atoms with van der Waals surface area (Å²) in [6.45, 7) is -0.0381. The van der Waals surface area contributed by atoms with E-state index in [2.05, 4.69) is 0 Å². The molecule has 0 bridgehead atoms. The first kappa shape index (κ1) is 12.0. The summed E-state index contributed by atoms with van der Waals surface area (Å²) >= 11 is 0. The van der Waals surface area contributed by atoms with Crippen LogP contribution in [0, 0.1) is 0 Å². The van der Waals surface area contributed by atoms with Crippen molar-refractivity contribution in [3.63, 3.8) is 0 Å². The van der Waals surface area contributed by atoms with Crippen LogP contribution >= 0.6 is 0 Å². The number of benzene rings is 1. The van der Waals surface area contributed by atoms with Crippen LogP contribution < -0.4 is 4.74 Å². The number of hydrogen-bond acceptors (Lipinski definition) is 4. The highest BCUT2D eigenvalue weighted by atomic mass is 32.2. The zero-order valence-corrected chi connectivity index (χ0v) is 9.54. The van der Waals surface area contributed by atoms with Crippen LogP contribution in [0.3, 0.4) is 0 Å². The lowest BCUT2D eigenvalue weighted by Crippen LogP contribution is -2.04. The lowest BCUT2D eigenvalue weighted by atomic mass is 10.1. The molecule has 0 aliphatic rings. The second kappa shape index (κ2) is 4.63. The molecule has 0 amide bonds. The molecule has 1 aromatic carbocycles. The van der Waals surface area contributed by atoms with Crippen LogP contribution in [0.15, 0.2) is 23.1 Å². The molecule has 15 heavy (non-hydrogen) atoms. The predicted molar refractivity (Wildman–Crippen MR) is 56.9 cm³/mol. The first-order valence-electron chi connectivity index (χ1n) is 4.47. The SMILES string of the molecule is COc1c(CCO)cccc1S(C)(=O)=O. The summed E-state index contributed by atoms with van der Waals surface area (Å²) in [5.41, 5.74) is 0.697. The summed E-state index contributed by atoms with van der Waals surface area (Å²) in [6, 6.07) is 4.88. The van der Waals surface area contributed by atoms with Crippen LogP contribution in [0.1, 0.15) is 5.56 Å². The number of para-hydroxylation sites is 1. The normalized spacial score (nSPS) is 11.4. The molecule has 0 heterocycles. The van der Waals surface area contributed by atoms with Crippen molar-refractivity contribution >= 4 is 9.84 Å². The molecule has 0 saturated carbocycles. The van der Waals surface area contributed by atoms with E-state index < -0.39 is 9.84 Å². The second-order valence-electron chi connectivity index (χ2n) is 3.19. The van der Waals surface area contributed by atoms with Crippen molar-refractivity contribution in [2.75, 3.05) is 20.0 Å². The Kier molecular flexibility index (Phi) is 3.71. The Morgan fingerprint density at radius 3 is 2.53 bits per heavy atom. The van der Waals surface area contributed by atoms with Crippen LogP contribution in [0.2, 0.25) is 0 Å². The number of sulfone groups is 1. The number of aliphatic hydroxyl groups is 1. The standard InChI is InChI=1S/C10H14O4S/c1-14-10-8(6-7-11)4-3-5-9(10)15(2,12)13/h3-5,11H,6-7H2,1-2H3. The molecular formula is C10H14O4S. The minimum absolute atomic E-state index is 0.0381. The quantitative estimate of drug-likeness (QED) is 0.824. The molecule has 0 aliphatic carbocycles. The van der Waals surface area contributed by atoms with Crippen molar-refractivity contribution in [1.29, 1.82) is 0 Å². The zero-order chi connectivity index (χ0) is 11.5. The number of rotatable bonds is 4. The van der Waals surface area contributed by atoms with Gasteiger partial charge in [0, 0.05) is 12.9 Å². The monoisotopic (exact) mass is 230 g/mol. The van der Waals surface area contributed by atoms with Gasteiger partial charge in [-0.3, -0.25) is 0 Å². The Balaban J connectivity index is 3.35. The maximum Gasteiger partial charge on any atom is 0.179 e. The first-order chi connectivity index (χ1) is 7.00. The molecule has 84 valence electrons. The lowest BCUT2D eigenvalue weighted by molar-refractivity contribution is 0.296. The third-order valence-electron chi connectivity index (χ3n) is 2.05. The maximum absolute atomic E-state index is 11.4. The molecule has 0 fully saturated rings. The van der Waals surface area contributed by atoms with Gasteiger partial charge in [0.15, 0.2) is 9.84 Å². The molecule has 0 radical (unpaired) electrons. The minimum atomic E-state index is -3.29. The second-order valence-corrected chi connectivity index (χ2v) is 5.18. The van der Waals surface area contributed by atoms with E-state index in [-0.39, 0.29) is 11.5 Å². The highest BCUT2D eigenvalue weighted by Crippen LogP contribution is 2.27. The van der Waals surface area contributed by atoms with Gasteiger partial charge in [0.2, 0.25) is 0 Å². The molecule has 0 unspecified atom stereocenters. The third kappa shape index (κ3) is 2.70. The van der Waals surface area contributed by atoms with Gasteiger partial charge < -0.3 is 9.84 Å². The lowest BCUT2D eigenvalue weighted by Gasteiger charge is -2.11. The van der Waals surface area contributed by atoms with E-state index in [1.54, 1.807) is 12.1 Å². The van der Waals surface area contributed by atoms with E-state index in [9.17, 15) is 8.42 Å². The van der Waals surface area contributed by atoms with Gasteiger partial charge in [-0.05, 0) is 18.1 Å². The van der Waals surface area contributed by atoms with Crippen LogP contribution in [0.25, 0.3) is 0 Å². The molecule has 1 rings (SSSR count). The Morgan fingerprint density at radius 1 is 1.40 bits per heavy atom. The average molecular weight is 230 g/mol. The molecule has 0 aliphatic heterocycles. The number of aliphatic hydroxyl groups excluding tert-OH is 1. The molecule has 0 aromatic heterocycles. The van der Waals surface area contributed by atoms with Crippen molar-refractivity contribution in [2.45, 2.75) is 11.3 Å². The topological polar surface area (TPSA) is 63.6 Å². The van der Waals surface area contributed by atoms with Crippen molar-refractivity contribution in [2.24, 2.45) is 0 Å². The number of methoxy groups -OCH3 is 1. The fraction of sp³-hybridized carbons (Fsp3) is 0.400. The van der Waals surface area contributed by atoms with E-state index in [0.717, 1.165) is 6.26 Å². The molecule has 1 N–H and O–H groups in total. The van der Waals surface area contributed by atoms with Gasteiger partial charge in [-0.2, -0.15) is 0 Å². The highest BCUT2D eigenvalue weighted by Gasteiger charge is 2.16. The van der Waals surface area contributed by atoms with Gasteiger partial charge in [0.25, 0.3) is 0 Å². The van der Waals surface area contributed by atoms with Gasteiger partial charge in [0.05, 0.1) is 7.11 Å². The van der Waals surface area contributed by atoms with Gasteiger partial charge in [-0.1, -0.05) is 12.1 Å². The molecule has 0 spiro atoms. The summed E-state index contributed by atoms with van der Waals surface area (Å²) in [7, 11) is -1.87. The molecule has 0 saturated heterocycles. The minimum Gasteiger partial charge on any atom is -0.495 e. The third-order valence-corrected chi connectivity index (χ3v) is 3.17. The molecule has 5 heteroatoms. The van der Waals surface area contributed by atoms with Gasteiger partial charge in [-0.25, -0.2) is 8.42 Å². The fourth-order valence-electron chi connectivity index (χ4n) is 1.40. The molecule has 1 aromatic rings. The average Bonchev–Trinajstić information content (AvgIpc) is 2.16. The van der Waals surface area contributed by atoms with E-state index >= 15 is 0 Å².